The number of aliphatic hydroxyl groups is 1. The summed E-state index contributed by atoms with van der Waals surface area (Å²) in [6.45, 7) is 6.68. The van der Waals surface area contributed by atoms with E-state index >= 15 is 0 Å². The number of hydrogen-bond donors (Lipinski definition) is 2. The third-order valence-corrected chi connectivity index (χ3v) is 6.51. The van der Waals surface area contributed by atoms with Gasteiger partial charge in [0.25, 0.3) is 0 Å². The summed E-state index contributed by atoms with van der Waals surface area (Å²) in [5, 5.41) is 26.2. The number of rotatable bonds is 11. The van der Waals surface area contributed by atoms with Crippen molar-refractivity contribution < 1.29 is 19.4 Å². The molecule has 0 aliphatic heterocycles. The Bertz CT molecular complexity index is 1490. The number of esters is 1. The normalized spacial score (nSPS) is 12.1. The molecule has 4 rings (SSSR count). The van der Waals surface area contributed by atoms with E-state index in [1.165, 1.54) is 16.3 Å². The highest BCUT2D eigenvalue weighted by Crippen LogP contribution is 2.27. The van der Waals surface area contributed by atoms with Gasteiger partial charge in [0.05, 0.1) is 17.7 Å². The van der Waals surface area contributed by atoms with Crippen LogP contribution in [0.3, 0.4) is 0 Å². The highest BCUT2D eigenvalue weighted by Gasteiger charge is 2.20. The Morgan fingerprint density at radius 3 is 2.51 bits per heavy atom. The molecule has 0 unspecified atom stereocenters. The largest absolute Gasteiger partial charge is 0.489 e. The number of nitriles is 1. The second-order valence-corrected chi connectivity index (χ2v) is 10.2. The van der Waals surface area contributed by atoms with Gasteiger partial charge in [-0.25, -0.2) is 4.79 Å². The van der Waals surface area contributed by atoms with Crippen LogP contribution in [0.2, 0.25) is 0 Å². The Kier molecular flexibility index (Phi) is 8.98. The number of β-amino-alcohol motifs (C(OH)–C–C–N with tert-alkyl or cyclic N) is 1. The molecule has 4 aromatic rings. The van der Waals surface area contributed by atoms with E-state index < -0.39 is 6.10 Å². The first-order chi connectivity index (χ1) is 18.8. The van der Waals surface area contributed by atoms with Gasteiger partial charge in [-0.1, -0.05) is 60.7 Å². The van der Waals surface area contributed by atoms with Crippen molar-refractivity contribution in [1.29, 1.82) is 5.26 Å². The molecule has 6 heteroatoms. The van der Waals surface area contributed by atoms with Crippen LogP contribution in [0.15, 0.2) is 84.9 Å². The zero-order chi connectivity index (χ0) is 27.8. The summed E-state index contributed by atoms with van der Waals surface area (Å²) in [6.07, 6.45) is 0.0522. The highest BCUT2D eigenvalue weighted by atomic mass is 16.5. The molecule has 0 spiro atoms. The van der Waals surface area contributed by atoms with Crippen molar-refractivity contribution in [3.05, 3.63) is 102 Å². The summed E-state index contributed by atoms with van der Waals surface area (Å²) in [5.74, 6) is 0.0140. The van der Waals surface area contributed by atoms with Crippen LogP contribution in [0.1, 0.15) is 42.3 Å². The molecule has 0 fully saturated rings. The Labute approximate surface area is 229 Å². The van der Waals surface area contributed by atoms with Crippen LogP contribution >= 0.6 is 0 Å². The number of fused-ring (bicyclic) bond motifs is 1. The molecule has 0 bridgehead atoms. The van der Waals surface area contributed by atoms with Crippen LogP contribution in [-0.2, 0) is 11.2 Å². The van der Waals surface area contributed by atoms with E-state index in [1.807, 2.05) is 24.3 Å². The second-order valence-electron chi connectivity index (χ2n) is 10.2. The third kappa shape index (κ3) is 7.44. The van der Waals surface area contributed by atoms with Crippen LogP contribution in [-0.4, -0.2) is 42.5 Å². The predicted molar refractivity (Wildman–Crippen MR) is 154 cm³/mol. The van der Waals surface area contributed by atoms with Crippen molar-refractivity contribution in [3.8, 4) is 22.9 Å². The van der Waals surface area contributed by atoms with Crippen LogP contribution in [0.4, 0.5) is 0 Å². The smallest absolute Gasteiger partial charge is 0.338 e. The number of carbonyl (C=O) groups excluding carboxylic acids is 1. The molecule has 200 valence electrons. The Morgan fingerprint density at radius 1 is 0.974 bits per heavy atom. The summed E-state index contributed by atoms with van der Waals surface area (Å²) in [5.41, 5.74) is 3.37. The Morgan fingerprint density at radius 2 is 1.74 bits per heavy atom. The van der Waals surface area contributed by atoms with E-state index in [0.717, 1.165) is 17.5 Å². The van der Waals surface area contributed by atoms with Gasteiger partial charge in [0.1, 0.15) is 24.5 Å². The molecule has 39 heavy (non-hydrogen) atoms. The maximum atomic E-state index is 12.1. The van der Waals surface area contributed by atoms with Gasteiger partial charge < -0.3 is 19.9 Å². The minimum absolute atomic E-state index is 0.0470. The first-order valence-electron chi connectivity index (χ1n) is 13.1. The summed E-state index contributed by atoms with van der Waals surface area (Å²) >= 11 is 0. The Balaban J connectivity index is 1.34. The summed E-state index contributed by atoms with van der Waals surface area (Å²) in [6, 6.07) is 29.3. The molecular weight excluding hydrogens is 488 g/mol. The standard InChI is InChI=1S/C33H34N2O4/c1-4-38-32(37)28-11-7-10-26(17-28)27-14-15-31(29(18-27)20-34)39-22-30(36)21-35-33(2,3)19-23-12-13-24-8-5-6-9-25(24)16-23/h5-18,30,35-36H,4,19,21-22H2,1-3H3/t30-/m1/s1. The first kappa shape index (κ1) is 27.8. The maximum Gasteiger partial charge on any atom is 0.338 e. The van der Waals surface area contributed by atoms with Gasteiger partial charge in [-0.05, 0) is 78.9 Å². The van der Waals surface area contributed by atoms with Crippen LogP contribution in [0.5, 0.6) is 5.75 Å². The van der Waals surface area contributed by atoms with Crippen molar-refractivity contribution in [3.63, 3.8) is 0 Å². The molecule has 4 aromatic carbocycles. The average molecular weight is 523 g/mol. The first-order valence-corrected chi connectivity index (χ1v) is 13.1. The van der Waals surface area contributed by atoms with E-state index in [9.17, 15) is 15.2 Å². The highest BCUT2D eigenvalue weighted by molar-refractivity contribution is 5.91. The number of nitrogens with zero attached hydrogens (tertiary/aromatic N) is 1. The Hall–Kier alpha value is -4.18. The lowest BCUT2D eigenvalue weighted by atomic mass is 9.93. The van der Waals surface area contributed by atoms with Gasteiger partial charge >= 0.3 is 5.97 Å². The van der Waals surface area contributed by atoms with E-state index in [4.69, 9.17) is 9.47 Å². The van der Waals surface area contributed by atoms with Gasteiger partial charge in [-0.2, -0.15) is 5.26 Å². The number of nitrogens with one attached hydrogen (secondary N) is 1. The molecule has 0 saturated carbocycles. The quantitative estimate of drug-likeness (QED) is 0.238. The predicted octanol–water partition coefficient (Wildman–Crippen LogP) is 5.91. The lowest BCUT2D eigenvalue weighted by Gasteiger charge is -2.28. The average Bonchev–Trinajstić information content (AvgIpc) is 2.95. The molecule has 1 atom stereocenters. The molecule has 0 aliphatic rings. The number of aliphatic hydroxyl groups excluding tert-OH is 1. The van der Waals surface area contributed by atoms with E-state index in [-0.39, 0.29) is 18.1 Å². The van der Waals surface area contributed by atoms with Crippen molar-refractivity contribution in [1.82, 2.24) is 5.32 Å². The maximum absolute atomic E-state index is 12.1. The van der Waals surface area contributed by atoms with Crippen molar-refractivity contribution in [2.45, 2.75) is 38.8 Å². The number of ether oxygens (including phenoxy) is 2. The molecule has 0 radical (unpaired) electrons. The molecule has 6 nitrogen and oxygen atoms in total. The number of benzene rings is 4. The molecule has 0 saturated heterocycles. The van der Waals surface area contributed by atoms with Crippen molar-refractivity contribution in [2.24, 2.45) is 0 Å². The van der Waals surface area contributed by atoms with Gasteiger partial charge in [0.2, 0.25) is 0 Å². The molecule has 0 aromatic heterocycles. The fourth-order valence-electron chi connectivity index (χ4n) is 4.52. The molecule has 0 amide bonds. The van der Waals surface area contributed by atoms with Crippen molar-refractivity contribution in [2.75, 3.05) is 19.8 Å². The van der Waals surface area contributed by atoms with Crippen LogP contribution in [0, 0.1) is 11.3 Å². The minimum Gasteiger partial charge on any atom is -0.489 e. The topological polar surface area (TPSA) is 91.6 Å². The summed E-state index contributed by atoms with van der Waals surface area (Å²) < 4.78 is 10.9. The SMILES string of the molecule is CCOC(=O)c1cccc(-c2ccc(OC[C@H](O)CNC(C)(C)Cc3ccc4ccccc4c3)c(C#N)c2)c1. The molecule has 0 heterocycles. The van der Waals surface area contributed by atoms with Gasteiger partial charge in [0.15, 0.2) is 0 Å². The van der Waals surface area contributed by atoms with E-state index in [2.05, 4.69) is 55.6 Å². The number of hydrogen-bond acceptors (Lipinski definition) is 6. The molecular formula is C33H34N2O4. The summed E-state index contributed by atoms with van der Waals surface area (Å²) in [7, 11) is 0. The van der Waals surface area contributed by atoms with Crippen LogP contribution < -0.4 is 10.1 Å². The van der Waals surface area contributed by atoms with Crippen LogP contribution in [0.25, 0.3) is 21.9 Å². The monoisotopic (exact) mass is 522 g/mol. The lowest BCUT2D eigenvalue weighted by molar-refractivity contribution is 0.0526. The minimum atomic E-state index is -0.756. The second kappa shape index (κ2) is 12.6. The zero-order valence-corrected chi connectivity index (χ0v) is 22.6. The van der Waals surface area contributed by atoms with E-state index in [0.29, 0.717) is 30.0 Å². The van der Waals surface area contributed by atoms with Gasteiger partial charge in [0, 0.05) is 12.1 Å². The zero-order valence-electron chi connectivity index (χ0n) is 22.6. The molecule has 0 aliphatic carbocycles. The van der Waals surface area contributed by atoms with E-state index in [1.54, 1.807) is 37.3 Å². The third-order valence-electron chi connectivity index (χ3n) is 6.51. The fourth-order valence-corrected chi connectivity index (χ4v) is 4.52. The number of carbonyl (C=O) groups is 1. The fraction of sp³-hybridized carbons (Fsp3) is 0.273. The van der Waals surface area contributed by atoms with Gasteiger partial charge in [-0.15, -0.1) is 0 Å². The molecule has 2 N–H and O–H groups in total. The van der Waals surface area contributed by atoms with Crippen molar-refractivity contribution >= 4 is 16.7 Å². The lowest BCUT2D eigenvalue weighted by Crippen LogP contribution is -2.46. The summed E-state index contributed by atoms with van der Waals surface area (Å²) in [4.78, 5) is 12.1. The van der Waals surface area contributed by atoms with Gasteiger partial charge in [-0.3, -0.25) is 0 Å².